The van der Waals surface area contributed by atoms with Crippen LogP contribution in [0.1, 0.15) is 169 Å². The van der Waals surface area contributed by atoms with Crippen molar-refractivity contribution in [1.82, 2.24) is 31.4 Å². The Kier molecular flexibility index (Phi) is 60.0. The van der Waals surface area contributed by atoms with E-state index in [-0.39, 0.29) is 90.3 Å². The van der Waals surface area contributed by atoms with Gasteiger partial charge in [-0.1, -0.05) is 87.5 Å². The number of carbonyl (C=O) groups is 6. The highest BCUT2D eigenvalue weighted by atomic mass is 31.0. The van der Waals surface area contributed by atoms with E-state index in [2.05, 4.69) is 50.2 Å². The van der Waals surface area contributed by atoms with E-state index < -0.39 is 30.3 Å². The molecule has 0 heterocycles. The molecule has 0 bridgehead atoms. The Morgan fingerprint density at radius 2 is 0.806 bits per heavy atom. The molecule has 20 nitrogen and oxygen atoms in total. The van der Waals surface area contributed by atoms with Gasteiger partial charge in [-0.3, -0.25) is 33.9 Å². The fourth-order valence-corrected chi connectivity index (χ4v) is 4.31. The summed E-state index contributed by atoms with van der Waals surface area (Å²) in [5.41, 5.74) is 10.9. The molecule has 22 heteroatoms. The summed E-state index contributed by atoms with van der Waals surface area (Å²) in [6.45, 7) is 28.7. The Morgan fingerprint density at radius 3 is 1.00 bits per heavy atom. The summed E-state index contributed by atoms with van der Waals surface area (Å²) in [5, 5.41) is 70.5. The maximum Gasteiger partial charge on any atom is 0.305 e. The lowest BCUT2D eigenvalue weighted by Crippen LogP contribution is -2.45. The molecule has 0 radical (unpaired) electrons. The number of nitrogens with two attached hydrogens (primary N) is 2. The number of aliphatic hydroxyl groups is 4. The van der Waals surface area contributed by atoms with E-state index in [9.17, 15) is 44.1 Å². The molecule has 0 aliphatic rings. The predicted molar refractivity (Wildman–Crippen MR) is 278 cm³/mol. The van der Waals surface area contributed by atoms with Gasteiger partial charge in [0.15, 0.2) is 0 Å². The Morgan fingerprint density at radius 1 is 0.507 bits per heavy atom. The van der Waals surface area contributed by atoms with Gasteiger partial charge >= 0.3 is 11.9 Å². The smallest absolute Gasteiger partial charge is 0.305 e. The lowest BCUT2D eigenvalue weighted by Gasteiger charge is -2.24. The number of carboxylic acid groups (broad SMARTS) is 2. The molecule has 0 aromatic heterocycles. The largest absolute Gasteiger partial charge is 0.481 e. The number of amides is 4. The van der Waals surface area contributed by atoms with Crippen molar-refractivity contribution in [3.63, 3.8) is 0 Å². The van der Waals surface area contributed by atoms with Gasteiger partial charge in [-0.15, -0.1) is 0 Å². The number of carbonyl (C=O) groups excluding carboxylic acids is 4. The fourth-order valence-electron chi connectivity index (χ4n) is 4.17. The van der Waals surface area contributed by atoms with Crippen LogP contribution in [0.25, 0.3) is 0 Å². The first kappa shape index (κ1) is 78.5. The summed E-state index contributed by atoms with van der Waals surface area (Å²) < 4.78 is 0. The SMILES string of the molecule is CC(C)C(=O)O.CCC(=O)NC(C)C(O)CC(C)N.CCC(=O)NC(C)C(O)CC(C)NC(=O)C(C)C.CCC(=O)NC(C)C(O)CC(C)NP.CCC(=O)O.CCCC(O)C(C)N.CNP. The van der Waals surface area contributed by atoms with Crippen molar-refractivity contribution in [3.05, 3.63) is 0 Å². The van der Waals surface area contributed by atoms with Gasteiger partial charge in [-0.2, -0.15) is 0 Å². The summed E-state index contributed by atoms with van der Waals surface area (Å²) in [7, 11) is 6.58. The molecule has 0 rings (SSSR count). The van der Waals surface area contributed by atoms with Crippen LogP contribution in [0, 0.1) is 11.8 Å². The molecule has 13 unspecified atom stereocenters. The minimum atomic E-state index is -0.745. The molecule has 0 aromatic carbocycles. The van der Waals surface area contributed by atoms with Crippen LogP contribution >= 0.6 is 18.8 Å². The topological polar surface area (TPSA) is 348 Å². The second-order valence-corrected chi connectivity index (χ2v) is 17.8. The molecule has 4 amide bonds. The number of aliphatic carboxylic acids is 2. The van der Waals surface area contributed by atoms with Gasteiger partial charge in [0.05, 0.1) is 48.5 Å². The van der Waals surface area contributed by atoms with Crippen molar-refractivity contribution in [3.8, 4) is 0 Å². The van der Waals surface area contributed by atoms with Gasteiger partial charge in [0.1, 0.15) is 0 Å². The normalized spacial score (nSPS) is 15.1. The predicted octanol–water partition coefficient (Wildman–Crippen LogP) is 2.93. The minimum absolute atomic E-state index is 0.0250. The van der Waals surface area contributed by atoms with E-state index >= 15 is 0 Å². The molecule has 0 aliphatic carbocycles. The van der Waals surface area contributed by atoms with Crippen molar-refractivity contribution in [2.75, 3.05) is 7.05 Å². The van der Waals surface area contributed by atoms with Crippen LogP contribution < -0.4 is 42.9 Å². The number of hydrogen-bond acceptors (Lipinski definition) is 14. The van der Waals surface area contributed by atoms with Crippen LogP contribution in [-0.2, 0) is 28.8 Å². The van der Waals surface area contributed by atoms with Crippen LogP contribution in [0.5, 0.6) is 0 Å². The highest BCUT2D eigenvalue weighted by molar-refractivity contribution is 7.13. The zero-order chi connectivity index (χ0) is 54.6. The second kappa shape index (κ2) is 51.2. The van der Waals surface area contributed by atoms with Crippen LogP contribution in [0.4, 0.5) is 0 Å². The minimum Gasteiger partial charge on any atom is -0.481 e. The Balaban J connectivity index is -0.000000133. The summed E-state index contributed by atoms with van der Waals surface area (Å²) in [6.07, 6.45) is 2.84. The van der Waals surface area contributed by atoms with E-state index in [1.165, 1.54) is 0 Å². The van der Waals surface area contributed by atoms with E-state index in [4.69, 9.17) is 26.8 Å². The van der Waals surface area contributed by atoms with E-state index in [0.717, 1.165) is 12.8 Å². The van der Waals surface area contributed by atoms with Crippen LogP contribution in [0.15, 0.2) is 0 Å². The highest BCUT2D eigenvalue weighted by Gasteiger charge is 2.21. The van der Waals surface area contributed by atoms with E-state index in [0.29, 0.717) is 38.5 Å². The monoisotopic (exact) mass is 1010 g/mol. The molecule has 0 fully saturated rings. The summed E-state index contributed by atoms with van der Waals surface area (Å²) in [6, 6.07) is -0.740. The third-order valence-electron chi connectivity index (χ3n) is 8.85. The lowest BCUT2D eigenvalue weighted by atomic mass is 10.0. The maximum atomic E-state index is 11.5. The van der Waals surface area contributed by atoms with Crippen molar-refractivity contribution >= 4 is 54.3 Å². The average Bonchev–Trinajstić information content (AvgIpc) is 3.24. The number of carboxylic acids is 2. The quantitative estimate of drug-likeness (QED) is 0.0655. The first-order valence-corrected chi connectivity index (χ1v) is 24.6. The van der Waals surface area contributed by atoms with Gasteiger partial charge in [-0.05, 0) is 81.2 Å². The summed E-state index contributed by atoms with van der Waals surface area (Å²) in [4.78, 5) is 63.7. The van der Waals surface area contributed by atoms with Gasteiger partial charge in [0.25, 0.3) is 0 Å². The van der Waals surface area contributed by atoms with Crippen molar-refractivity contribution in [2.45, 2.75) is 235 Å². The molecule has 404 valence electrons. The molecule has 16 N–H and O–H groups in total. The van der Waals surface area contributed by atoms with E-state index in [1.54, 1.807) is 55.4 Å². The molecule has 67 heavy (non-hydrogen) atoms. The fraction of sp³-hybridized carbons (Fsp3) is 0.867. The van der Waals surface area contributed by atoms with Gasteiger partial charge in [0.2, 0.25) is 23.6 Å². The number of hydrogen-bond donors (Lipinski definition) is 14. The molecular weight excluding hydrogens is 906 g/mol. The maximum absolute atomic E-state index is 11.5. The summed E-state index contributed by atoms with van der Waals surface area (Å²) in [5.74, 6) is -1.97. The Labute approximate surface area is 409 Å². The molecule has 0 saturated heterocycles. The van der Waals surface area contributed by atoms with Crippen LogP contribution in [0.2, 0.25) is 0 Å². The van der Waals surface area contributed by atoms with E-state index in [1.807, 2.05) is 62.4 Å². The summed E-state index contributed by atoms with van der Waals surface area (Å²) >= 11 is 0. The lowest BCUT2D eigenvalue weighted by molar-refractivity contribution is -0.140. The third kappa shape index (κ3) is 61.3. The van der Waals surface area contributed by atoms with Crippen molar-refractivity contribution in [1.29, 1.82) is 0 Å². The zero-order valence-corrected chi connectivity index (χ0v) is 46.6. The van der Waals surface area contributed by atoms with Gasteiger partial charge in [0, 0.05) is 55.8 Å². The second-order valence-electron chi connectivity index (χ2n) is 16.9. The first-order chi connectivity index (χ1) is 30.8. The van der Waals surface area contributed by atoms with Crippen LogP contribution in [-0.4, -0.2) is 140 Å². The number of aliphatic hydroxyl groups excluding tert-OH is 4. The highest BCUT2D eigenvalue weighted by Crippen LogP contribution is 2.06. The molecule has 0 aromatic rings. The standard InChI is InChI=1S/C13H26N2O3.C9H21N2O2P.C9H20N2O2.C6H15NO.C4H8O2.C3H6O2.CH6NP/c1-6-12(17)15-10(5)11(16)7-9(4)14-13(18)8(2)3;1-4-9(13)10-7(3)8(12)5-6(2)11-14;1-4-9(13)11-7(3)8(12)5-6(2)10;1-3-4-6(8)5(2)7;1-3(2)4(5)6;1-2-3(4)5;1-2-3/h8-11,16H,6-7H2,1-5H3,(H,14,18)(H,15,17);6-8,11-12H,4-5,14H2,1-3H3,(H,10,13);6-8,12H,4-5,10H2,1-3H3,(H,11,13);5-6,8H,3-4,7H2,1-2H3;3H,1-2H3,(H,5,6);2H2,1H3,(H,4,5);2H,3H2,1H3. The molecule has 0 spiro atoms. The molecule has 0 saturated carbocycles. The van der Waals surface area contributed by atoms with Gasteiger partial charge < -0.3 is 68.5 Å². The molecular formula is C45H102N8O12P2. The number of rotatable bonds is 23. The number of nitrogens with one attached hydrogen (secondary N) is 6. The third-order valence-corrected chi connectivity index (χ3v) is 9.42. The molecule has 13 atom stereocenters. The van der Waals surface area contributed by atoms with Crippen molar-refractivity contribution < 1.29 is 59.4 Å². The molecule has 0 aliphatic heterocycles. The van der Waals surface area contributed by atoms with Gasteiger partial charge in [-0.25, -0.2) is 0 Å². The Hall–Kier alpha value is -2.64. The average molecular weight is 1010 g/mol. The first-order valence-electron chi connectivity index (χ1n) is 23.5. The van der Waals surface area contributed by atoms with Crippen LogP contribution in [0.3, 0.4) is 0 Å². The Bertz CT molecular complexity index is 1230. The zero-order valence-electron chi connectivity index (χ0n) is 44.3. The van der Waals surface area contributed by atoms with Crippen molar-refractivity contribution in [2.24, 2.45) is 23.3 Å².